The average molecular weight is 378 g/mol. The minimum Gasteiger partial charge on any atom is -0.296 e. The molecule has 0 saturated carbocycles. The first-order valence-corrected chi connectivity index (χ1v) is 8.82. The molecule has 1 N–H and O–H groups in total. The molecule has 0 spiro atoms. The number of hydrogen-bond acceptors (Lipinski definition) is 8. The van der Waals surface area contributed by atoms with E-state index in [1.54, 1.807) is 18.5 Å². The lowest BCUT2D eigenvalue weighted by atomic mass is 10.2. The van der Waals surface area contributed by atoms with Crippen molar-refractivity contribution >= 4 is 22.4 Å². The maximum atomic E-state index is 12.7. The molecule has 0 unspecified atom stereocenters. The Morgan fingerprint density at radius 2 is 2.04 bits per heavy atom. The third kappa shape index (κ3) is 3.42. The van der Waals surface area contributed by atoms with Crippen molar-refractivity contribution in [1.82, 2.24) is 34.9 Å². The quantitative estimate of drug-likeness (QED) is 0.580. The van der Waals surface area contributed by atoms with E-state index in [9.17, 15) is 4.79 Å². The SMILES string of the molecule is Cc1ccc(-c2nc(NC(=O)c3cnnn3-c3ccncn3)sc2C)nc1. The Bertz CT molecular complexity index is 1090. The second-order valence-electron chi connectivity index (χ2n) is 5.70. The van der Waals surface area contributed by atoms with Crippen LogP contribution in [0.4, 0.5) is 5.13 Å². The van der Waals surface area contributed by atoms with Gasteiger partial charge in [0, 0.05) is 23.3 Å². The summed E-state index contributed by atoms with van der Waals surface area (Å²) in [6.45, 7) is 3.92. The topological polar surface area (TPSA) is 111 Å². The summed E-state index contributed by atoms with van der Waals surface area (Å²) < 4.78 is 1.35. The second-order valence-corrected chi connectivity index (χ2v) is 6.90. The number of carbonyl (C=O) groups excluding carboxylic acids is 1. The molecule has 0 atom stereocenters. The molecule has 0 saturated heterocycles. The van der Waals surface area contributed by atoms with Crippen LogP contribution in [0.15, 0.2) is 43.1 Å². The molecule has 4 rings (SSSR count). The molecule has 0 bridgehead atoms. The highest BCUT2D eigenvalue weighted by molar-refractivity contribution is 7.16. The van der Waals surface area contributed by atoms with Crippen LogP contribution in [0.3, 0.4) is 0 Å². The number of thiazole rings is 1. The fourth-order valence-electron chi connectivity index (χ4n) is 2.42. The molecule has 4 heterocycles. The molecule has 0 aliphatic carbocycles. The van der Waals surface area contributed by atoms with Crippen LogP contribution in [-0.4, -0.2) is 40.8 Å². The molecular weight excluding hydrogens is 364 g/mol. The normalized spacial score (nSPS) is 10.7. The Morgan fingerprint density at radius 3 is 2.78 bits per heavy atom. The zero-order valence-corrected chi connectivity index (χ0v) is 15.3. The van der Waals surface area contributed by atoms with Gasteiger partial charge in [-0.2, -0.15) is 4.68 Å². The Labute approximate surface area is 158 Å². The lowest BCUT2D eigenvalue weighted by Crippen LogP contribution is -2.17. The van der Waals surface area contributed by atoms with Crippen molar-refractivity contribution in [3.8, 4) is 17.2 Å². The molecule has 4 aromatic rings. The summed E-state index contributed by atoms with van der Waals surface area (Å²) in [5.41, 5.74) is 2.84. The monoisotopic (exact) mass is 378 g/mol. The molecule has 0 aliphatic rings. The number of anilines is 1. The summed E-state index contributed by atoms with van der Waals surface area (Å²) in [6, 6.07) is 5.53. The van der Waals surface area contributed by atoms with Crippen LogP contribution >= 0.6 is 11.3 Å². The van der Waals surface area contributed by atoms with E-state index < -0.39 is 0 Å². The minimum atomic E-state index is -0.379. The Balaban J connectivity index is 1.59. The summed E-state index contributed by atoms with van der Waals surface area (Å²) in [6.07, 6.45) is 6.11. The minimum absolute atomic E-state index is 0.247. The van der Waals surface area contributed by atoms with E-state index in [0.29, 0.717) is 10.9 Å². The van der Waals surface area contributed by atoms with Gasteiger partial charge in [-0.1, -0.05) is 11.3 Å². The van der Waals surface area contributed by atoms with Crippen molar-refractivity contribution < 1.29 is 4.79 Å². The number of aromatic nitrogens is 7. The van der Waals surface area contributed by atoms with Gasteiger partial charge in [-0.3, -0.25) is 15.1 Å². The average Bonchev–Trinajstić information content (AvgIpc) is 3.30. The lowest BCUT2D eigenvalue weighted by Gasteiger charge is -2.04. The van der Waals surface area contributed by atoms with Crippen LogP contribution < -0.4 is 5.32 Å². The predicted octanol–water partition coefficient (Wildman–Crippen LogP) is 2.44. The van der Waals surface area contributed by atoms with E-state index in [4.69, 9.17) is 0 Å². The molecule has 0 radical (unpaired) electrons. The van der Waals surface area contributed by atoms with Crippen molar-refractivity contribution in [3.63, 3.8) is 0 Å². The van der Waals surface area contributed by atoms with Crippen LogP contribution in [0, 0.1) is 13.8 Å². The Morgan fingerprint density at radius 1 is 1.15 bits per heavy atom. The molecular formula is C17H14N8OS. The standard InChI is InChI=1S/C17H14N8OS/c1-10-3-4-12(19-7-10)15-11(2)27-17(22-15)23-16(26)13-8-21-24-25(13)14-5-6-18-9-20-14/h3-9H,1-2H3,(H,22,23,26). The number of pyridine rings is 1. The van der Waals surface area contributed by atoms with E-state index in [1.807, 2.05) is 26.0 Å². The lowest BCUT2D eigenvalue weighted by molar-refractivity contribution is 0.101. The number of rotatable bonds is 4. The first kappa shape index (κ1) is 16.9. The maximum absolute atomic E-state index is 12.7. The van der Waals surface area contributed by atoms with Gasteiger partial charge in [0.15, 0.2) is 16.6 Å². The predicted molar refractivity (Wildman–Crippen MR) is 99.7 cm³/mol. The highest BCUT2D eigenvalue weighted by Gasteiger charge is 2.18. The summed E-state index contributed by atoms with van der Waals surface area (Å²) in [4.78, 5) is 30.5. The van der Waals surface area contributed by atoms with Crippen molar-refractivity contribution in [1.29, 1.82) is 0 Å². The van der Waals surface area contributed by atoms with Crippen LogP contribution in [0.1, 0.15) is 20.9 Å². The number of carbonyl (C=O) groups is 1. The summed E-state index contributed by atoms with van der Waals surface area (Å²) in [7, 11) is 0. The Hall–Kier alpha value is -3.53. The molecule has 27 heavy (non-hydrogen) atoms. The zero-order chi connectivity index (χ0) is 18.8. The number of amides is 1. The van der Waals surface area contributed by atoms with Crippen LogP contribution in [-0.2, 0) is 0 Å². The summed E-state index contributed by atoms with van der Waals surface area (Å²) in [5.74, 6) is 0.0725. The molecule has 10 heteroatoms. The Kier molecular flexibility index (Phi) is 4.38. The number of nitrogens with zero attached hydrogens (tertiary/aromatic N) is 7. The highest BCUT2D eigenvalue weighted by Crippen LogP contribution is 2.29. The maximum Gasteiger partial charge on any atom is 0.277 e. The van der Waals surface area contributed by atoms with E-state index in [1.165, 1.54) is 28.5 Å². The molecule has 0 aliphatic heterocycles. The largest absolute Gasteiger partial charge is 0.296 e. The summed E-state index contributed by atoms with van der Waals surface area (Å²) in [5, 5.41) is 11.0. The van der Waals surface area contributed by atoms with Gasteiger partial charge in [-0.25, -0.2) is 15.0 Å². The fourth-order valence-corrected chi connectivity index (χ4v) is 3.24. The summed E-state index contributed by atoms with van der Waals surface area (Å²) >= 11 is 1.38. The van der Waals surface area contributed by atoms with Crippen molar-refractivity contribution in [2.75, 3.05) is 5.32 Å². The van der Waals surface area contributed by atoms with Gasteiger partial charge in [0.1, 0.15) is 12.0 Å². The van der Waals surface area contributed by atoms with Crippen molar-refractivity contribution in [2.24, 2.45) is 0 Å². The van der Waals surface area contributed by atoms with Gasteiger partial charge in [0.2, 0.25) is 0 Å². The molecule has 0 aromatic carbocycles. The number of aryl methyl sites for hydroxylation is 2. The number of nitrogens with one attached hydrogen (secondary N) is 1. The van der Waals surface area contributed by atoms with Crippen LogP contribution in [0.25, 0.3) is 17.2 Å². The molecule has 1 amide bonds. The first-order valence-electron chi connectivity index (χ1n) is 8.01. The van der Waals surface area contributed by atoms with Gasteiger partial charge in [-0.15, -0.1) is 16.4 Å². The molecule has 134 valence electrons. The highest BCUT2D eigenvalue weighted by atomic mass is 32.1. The third-order valence-corrected chi connectivity index (χ3v) is 4.62. The van der Waals surface area contributed by atoms with Gasteiger partial charge in [0.25, 0.3) is 5.91 Å². The van der Waals surface area contributed by atoms with Crippen molar-refractivity contribution in [3.05, 3.63) is 59.3 Å². The van der Waals surface area contributed by atoms with Gasteiger partial charge in [0.05, 0.1) is 11.9 Å². The molecule has 4 aromatic heterocycles. The number of hydrogen-bond donors (Lipinski definition) is 1. The molecule has 0 fully saturated rings. The van der Waals surface area contributed by atoms with E-state index >= 15 is 0 Å². The molecule has 9 nitrogen and oxygen atoms in total. The van der Waals surface area contributed by atoms with Gasteiger partial charge in [-0.05, 0) is 25.5 Å². The van der Waals surface area contributed by atoms with Crippen molar-refractivity contribution in [2.45, 2.75) is 13.8 Å². The van der Waals surface area contributed by atoms with E-state index in [-0.39, 0.29) is 11.6 Å². The zero-order valence-electron chi connectivity index (χ0n) is 14.5. The van der Waals surface area contributed by atoms with Crippen LogP contribution in [0.2, 0.25) is 0 Å². The van der Waals surface area contributed by atoms with Gasteiger partial charge >= 0.3 is 0 Å². The van der Waals surface area contributed by atoms with Gasteiger partial charge < -0.3 is 0 Å². The first-order chi connectivity index (χ1) is 13.1. The second kappa shape index (κ2) is 7.00. The van der Waals surface area contributed by atoms with E-state index in [0.717, 1.165) is 21.8 Å². The fraction of sp³-hybridized carbons (Fsp3) is 0.118. The van der Waals surface area contributed by atoms with E-state index in [2.05, 4.69) is 35.6 Å². The van der Waals surface area contributed by atoms with Crippen LogP contribution in [0.5, 0.6) is 0 Å². The third-order valence-electron chi connectivity index (χ3n) is 3.74. The smallest absolute Gasteiger partial charge is 0.277 e.